The van der Waals surface area contributed by atoms with Crippen LogP contribution in [0.1, 0.15) is 42.6 Å². The molecule has 0 atom stereocenters. The lowest BCUT2D eigenvalue weighted by Gasteiger charge is -2.13. The van der Waals surface area contributed by atoms with Gasteiger partial charge in [-0.25, -0.2) is 9.78 Å². The third kappa shape index (κ3) is 5.49. The molecule has 1 aromatic heterocycles. The summed E-state index contributed by atoms with van der Waals surface area (Å²) in [4.78, 5) is 27.5. The second kappa shape index (κ2) is 9.27. The maximum Gasteiger partial charge on any atom is 0.359 e. The molecule has 1 amide bonds. The molecule has 25 heavy (non-hydrogen) atoms. The number of nitrogen functional groups attached to an aromatic ring is 1. The number of halogens is 3. The average Bonchev–Trinajstić information content (AvgIpc) is 2.62. The topological polar surface area (TPSA) is 94.3 Å². The first-order valence-electron chi connectivity index (χ1n) is 7.82. The van der Waals surface area contributed by atoms with Crippen molar-refractivity contribution in [2.45, 2.75) is 32.1 Å². The van der Waals surface area contributed by atoms with E-state index >= 15 is 0 Å². The van der Waals surface area contributed by atoms with Crippen LogP contribution in [0.4, 0.5) is 5.69 Å². The highest BCUT2D eigenvalue weighted by molar-refractivity contribution is 6.46. The van der Waals surface area contributed by atoms with Crippen molar-refractivity contribution in [2.75, 3.05) is 18.9 Å². The number of anilines is 1. The third-order valence-electron chi connectivity index (χ3n) is 3.75. The van der Waals surface area contributed by atoms with Crippen LogP contribution in [0.25, 0.3) is 0 Å². The van der Waals surface area contributed by atoms with Crippen LogP contribution in [0, 0.1) is 0 Å². The Morgan fingerprint density at radius 2 is 2.00 bits per heavy atom. The van der Waals surface area contributed by atoms with E-state index < -0.39 is 18.5 Å². The van der Waals surface area contributed by atoms with Crippen molar-refractivity contribution in [3.63, 3.8) is 0 Å². The summed E-state index contributed by atoms with van der Waals surface area (Å²) < 4.78 is 4.89. The van der Waals surface area contributed by atoms with Gasteiger partial charge in [-0.1, -0.05) is 46.5 Å². The van der Waals surface area contributed by atoms with E-state index in [2.05, 4.69) is 16.4 Å². The van der Waals surface area contributed by atoms with Crippen LogP contribution in [0.15, 0.2) is 11.6 Å². The van der Waals surface area contributed by atoms with Gasteiger partial charge < -0.3 is 15.8 Å². The van der Waals surface area contributed by atoms with Crippen molar-refractivity contribution in [2.24, 2.45) is 0 Å². The van der Waals surface area contributed by atoms with E-state index in [-0.39, 0.29) is 26.6 Å². The number of rotatable bonds is 6. The molecule has 0 bridgehead atoms. The Morgan fingerprint density at radius 3 is 2.68 bits per heavy atom. The number of ether oxygens (including phenoxy) is 1. The van der Waals surface area contributed by atoms with Crippen LogP contribution in [-0.2, 0) is 9.53 Å². The molecular formula is C16H18Cl3N3O3. The van der Waals surface area contributed by atoms with Crippen LogP contribution in [-0.4, -0.2) is 30.0 Å². The van der Waals surface area contributed by atoms with Gasteiger partial charge in [-0.3, -0.25) is 4.79 Å². The monoisotopic (exact) mass is 405 g/mol. The number of nitrogens with zero attached hydrogens (tertiary/aromatic N) is 1. The normalized spacial score (nSPS) is 14.0. The number of aromatic nitrogens is 1. The largest absolute Gasteiger partial charge is 0.451 e. The third-order valence-corrected chi connectivity index (χ3v) is 4.89. The number of carbonyl (C=O) groups is 2. The molecule has 6 nitrogen and oxygen atoms in total. The summed E-state index contributed by atoms with van der Waals surface area (Å²) in [6, 6.07) is 0. The molecule has 2 rings (SSSR count). The molecule has 0 aromatic carbocycles. The fourth-order valence-electron chi connectivity index (χ4n) is 2.41. The number of pyridine rings is 1. The standard InChI is InChI=1S/C16H18Cl3N3O3/c17-11-13(20)12(18)15(19)22-14(11)16(24)25-8-10(23)21-7-6-9-4-2-1-3-5-9/h4H,1-3,5-8H2,(H2,20,22)(H,21,23). The molecule has 0 unspecified atom stereocenters. The number of hydrogen-bond donors (Lipinski definition) is 2. The maximum atomic E-state index is 12.0. The molecule has 136 valence electrons. The molecule has 0 radical (unpaired) electrons. The number of hydrogen-bond acceptors (Lipinski definition) is 5. The summed E-state index contributed by atoms with van der Waals surface area (Å²) in [5, 5.41) is 2.33. The van der Waals surface area contributed by atoms with Crippen molar-refractivity contribution >= 4 is 52.4 Å². The molecule has 1 aliphatic rings. The van der Waals surface area contributed by atoms with Gasteiger partial charge in [-0.15, -0.1) is 0 Å². The van der Waals surface area contributed by atoms with Gasteiger partial charge in [0, 0.05) is 6.54 Å². The van der Waals surface area contributed by atoms with E-state index in [4.69, 9.17) is 45.3 Å². The van der Waals surface area contributed by atoms with Crippen molar-refractivity contribution in [1.29, 1.82) is 0 Å². The highest BCUT2D eigenvalue weighted by atomic mass is 35.5. The number of nitrogens with two attached hydrogens (primary N) is 1. The first-order valence-corrected chi connectivity index (χ1v) is 8.95. The summed E-state index contributed by atoms with van der Waals surface area (Å²) in [6.07, 6.45) is 7.61. The summed E-state index contributed by atoms with van der Waals surface area (Å²) in [7, 11) is 0. The van der Waals surface area contributed by atoms with E-state index in [0.717, 1.165) is 19.3 Å². The fourth-order valence-corrected chi connectivity index (χ4v) is 3.00. The lowest BCUT2D eigenvalue weighted by molar-refractivity contribution is -0.124. The molecule has 1 aliphatic carbocycles. The van der Waals surface area contributed by atoms with Crippen molar-refractivity contribution < 1.29 is 14.3 Å². The number of carbonyl (C=O) groups excluding carboxylic acids is 2. The van der Waals surface area contributed by atoms with Gasteiger partial charge in [0.15, 0.2) is 17.5 Å². The molecule has 0 saturated carbocycles. The minimum Gasteiger partial charge on any atom is -0.451 e. The van der Waals surface area contributed by atoms with E-state index in [1.54, 1.807) is 0 Å². The number of amides is 1. The summed E-state index contributed by atoms with van der Waals surface area (Å²) in [5.74, 6) is -1.31. The molecule has 0 fully saturated rings. The summed E-state index contributed by atoms with van der Waals surface area (Å²) in [5.41, 5.74) is 6.63. The lowest BCUT2D eigenvalue weighted by atomic mass is 9.97. The molecule has 3 N–H and O–H groups in total. The number of allylic oxidation sites excluding steroid dienone is 1. The highest BCUT2D eigenvalue weighted by Crippen LogP contribution is 2.34. The van der Waals surface area contributed by atoms with Crippen LogP contribution in [0.5, 0.6) is 0 Å². The van der Waals surface area contributed by atoms with Crippen LogP contribution >= 0.6 is 34.8 Å². The lowest BCUT2D eigenvalue weighted by Crippen LogP contribution is -2.30. The predicted octanol–water partition coefficient (Wildman–Crippen LogP) is 3.79. The second-order valence-electron chi connectivity index (χ2n) is 5.58. The zero-order chi connectivity index (χ0) is 18.4. The Bertz CT molecular complexity index is 708. The van der Waals surface area contributed by atoms with Gasteiger partial charge in [-0.2, -0.15) is 0 Å². The zero-order valence-corrected chi connectivity index (χ0v) is 15.7. The van der Waals surface area contributed by atoms with Gasteiger partial charge in [0.1, 0.15) is 5.02 Å². The van der Waals surface area contributed by atoms with Gasteiger partial charge in [0.2, 0.25) is 0 Å². The Balaban J connectivity index is 1.81. The van der Waals surface area contributed by atoms with E-state index in [9.17, 15) is 9.59 Å². The Labute approximate surface area is 160 Å². The quantitative estimate of drug-likeness (QED) is 0.426. The number of nitrogens with one attached hydrogen (secondary N) is 1. The smallest absolute Gasteiger partial charge is 0.359 e. The van der Waals surface area contributed by atoms with E-state index in [0.29, 0.717) is 6.54 Å². The van der Waals surface area contributed by atoms with Crippen LogP contribution in [0.3, 0.4) is 0 Å². The Kier molecular flexibility index (Phi) is 7.35. The van der Waals surface area contributed by atoms with Crippen LogP contribution < -0.4 is 11.1 Å². The first-order chi connectivity index (χ1) is 11.9. The molecule has 0 saturated heterocycles. The van der Waals surface area contributed by atoms with Crippen LogP contribution in [0.2, 0.25) is 15.2 Å². The Morgan fingerprint density at radius 1 is 1.24 bits per heavy atom. The van der Waals surface area contributed by atoms with E-state index in [1.165, 1.54) is 18.4 Å². The fraction of sp³-hybridized carbons (Fsp3) is 0.438. The first kappa shape index (κ1) is 19.8. The molecule has 0 aliphatic heterocycles. The minimum absolute atomic E-state index is 0.0435. The van der Waals surface area contributed by atoms with E-state index in [1.807, 2.05) is 0 Å². The molecular weight excluding hydrogens is 389 g/mol. The predicted molar refractivity (Wildman–Crippen MR) is 98.1 cm³/mol. The zero-order valence-electron chi connectivity index (χ0n) is 13.4. The highest BCUT2D eigenvalue weighted by Gasteiger charge is 2.21. The maximum absolute atomic E-state index is 12.0. The Hall–Kier alpha value is -1.50. The average molecular weight is 407 g/mol. The molecule has 0 spiro atoms. The molecule has 9 heteroatoms. The van der Waals surface area contributed by atoms with Crippen molar-refractivity contribution in [3.8, 4) is 0 Å². The molecule has 1 aromatic rings. The molecule has 1 heterocycles. The van der Waals surface area contributed by atoms with Gasteiger partial charge in [0.25, 0.3) is 5.91 Å². The van der Waals surface area contributed by atoms with Gasteiger partial charge >= 0.3 is 5.97 Å². The SMILES string of the molecule is Nc1c(Cl)c(Cl)nc(C(=O)OCC(=O)NCCC2=CCCCC2)c1Cl. The number of esters is 1. The van der Waals surface area contributed by atoms with Crippen molar-refractivity contribution in [3.05, 3.63) is 32.5 Å². The summed E-state index contributed by atoms with van der Waals surface area (Å²) in [6.45, 7) is 0.0526. The minimum atomic E-state index is -0.902. The van der Waals surface area contributed by atoms with Crippen molar-refractivity contribution in [1.82, 2.24) is 10.3 Å². The summed E-state index contributed by atoms with van der Waals surface area (Å²) >= 11 is 17.5. The van der Waals surface area contributed by atoms with Gasteiger partial charge in [-0.05, 0) is 32.1 Å². The van der Waals surface area contributed by atoms with Gasteiger partial charge in [0.05, 0.1) is 10.7 Å². The second-order valence-corrected chi connectivity index (χ2v) is 6.69.